The first-order valence-electron chi connectivity index (χ1n) is 11.4. The van der Waals surface area contributed by atoms with Gasteiger partial charge in [0.05, 0.1) is 7.11 Å². The van der Waals surface area contributed by atoms with E-state index in [4.69, 9.17) is 14.2 Å². The van der Waals surface area contributed by atoms with Crippen molar-refractivity contribution in [3.05, 3.63) is 94.8 Å². The van der Waals surface area contributed by atoms with Crippen LogP contribution in [0.2, 0.25) is 0 Å². The second-order valence-corrected chi connectivity index (χ2v) is 8.77. The lowest BCUT2D eigenvalue weighted by atomic mass is 10.0. The van der Waals surface area contributed by atoms with E-state index in [-0.39, 0.29) is 31.5 Å². The van der Waals surface area contributed by atoms with Crippen molar-refractivity contribution in [3.63, 3.8) is 0 Å². The Kier molecular flexibility index (Phi) is 7.22. The number of methoxy groups -OCH3 is 1. The third-order valence-electron chi connectivity index (χ3n) is 5.81. The van der Waals surface area contributed by atoms with E-state index in [1.54, 1.807) is 43.1 Å². The van der Waals surface area contributed by atoms with Crippen molar-refractivity contribution in [2.45, 2.75) is 19.1 Å². The number of pyridine rings is 1. The molecule has 4 aromatic rings. The topological polar surface area (TPSA) is 116 Å². The molecular formula is C26H23N5O5S. The summed E-state index contributed by atoms with van der Waals surface area (Å²) >= 11 is 1.07. The molecule has 5 rings (SSSR count). The highest BCUT2D eigenvalue weighted by Gasteiger charge is 2.33. The average molecular weight is 518 g/mol. The summed E-state index contributed by atoms with van der Waals surface area (Å²) in [7, 11) is 1.58. The van der Waals surface area contributed by atoms with Crippen LogP contribution in [0.25, 0.3) is 0 Å². The van der Waals surface area contributed by atoms with E-state index < -0.39 is 11.9 Å². The number of rotatable bonds is 9. The molecule has 10 nitrogen and oxygen atoms in total. The van der Waals surface area contributed by atoms with Crippen molar-refractivity contribution < 1.29 is 23.8 Å². The molecule has 0 bridgehead atoms. The van der Waals surface area contributed by atoms with Crippen molar-refractivity contribution in [1.29, 1.82) is 0 Å². The number of fused-ring (bicyclic) bond motifs is 1. The molecule has 0 fully saturated rings. The zero-order valence-corrected chi connectivity index (χ0v) is 20.7. The molecule has 188 valence electrons. The van der Waals surface area contributed by atoms with Gasteiger partial charge in [-0.05, 0) is 64.6 Å². The van der Waals surface area contributed by atoms with Gasteiger partial charge in [-0.15, -0.1) is 5.10 Å². The molecule has 3 heterocycles. The zero-order valence-electron chi connectivity index (χ0n) is 19.9. The first-order valence-corrected chi connectivity index (χ1v) is 12.2. The standard InChI is InChI=1S/C26H23N5O5S/c1-34-20-4-2-3-18(11-20)14-31(26(33)21-15-37-30-29-21)24(19-7-9-27-10-8-19)25(32)28-13-17-5-6-22-23(12-17)36-16-35-22/h2-12,15,24H,13-14,16H2,1H3,(H,28,32)/t24-/m1/s1. The maximum Gasteiger partial charge on any atom is 0.276 e. The Hall–Kier alpha value is -4.51. The highest BCUT2D eigenvalue weighted by Crippen LogP contribution is 2.32. The number of hydrogen-bond donors (Lipinski definition) is 1. The second kappa shape index (κ2) is 11.0. The molecule has 1 aliphatic heterocycles. The Labute approximate surface area is 217 Å². The van der Waals surface area contributed by atoms with E-state index >= 15 is 0 Å². The smallest absolute Gasteiger partial charge is 0.276 e. The number of nitrogens with zero attached hydrogens (tertiary/aromatic N) is 4. The largest absolute Gasteiger partial charge is 0.497 e. The van der Waals surface area contributed by atoms with Crippen molar-refractivity contribution >= 4 is 23.3 Å². The lowest BCUT2D eigenvalue weighted by Gasteiger charge is -2.31. The van der Waals surface area contributed by atoms with Crippen LogP contribution in [0.3, 0.4) is 0 Å². The van der Waals surface area contributed by atoms with Crippen LogP contribution in [-0.2, 0) is 17.9 Å². The highest BCUT2D eigenvalue weighted by atomic mass is 32.1. The lowest BCUT2D eigenvalue weighted by molar-refractivity contribution is -0.126. The van der Waals surface area contributed by atoms with E-state index in [9.17, 15) is 9.59 Å². The predicted octanol–water partition coefficient (Wildman–Crippen LogP) is 3.37. The Morgan fingerprint density at radius 1 is 1.08 bits per heavy atom. The number of aromatic nitrogens is 3. The molecule has 0 radical (unpaired) electrons. The molecule has 0 saturated heterocycles. The van der Waals surface area contributed by atoms with Crippen LogP contribution in [0.4, 0.5) is 0 Å². The third kappa shape index (κ3) is 5.51. The van der Waals surface area contributed by atoms with Gasteiger partial charge in [0, 0.05) is 30.9 Å². The van der Waals surface area contributed by atoms with Gasteiger partial charge >= 0.3 is 0 Å². The molecule has 37 heavy (non-hydrogen) atoms. The number of amides is 2. The monoisotopic (exact) mass is 517 g/mol. The molecule has 0 aliphatic carbocycles. The minimum absolute atomic E-state index is 0.137. The molecule has 2 aromatic heterocycles. The van der Waals surface area contributed by atoms with Gasteiger partial charge in [0.15, 0.2) is 17.2 Å². The number of carbonyl (C=O) groups is 2. The maximum atomic E-state index is 13.7. The Bertz CT molecular complexity index is 1380. The first kappa shape index (κ1) is 24.2. The summed E-state index contributed by atoms with van der Waals surface area (Å²) in [6, 6.07) is 15.3. The maximum absolute atomic E-state index is 13.7. The summed E-state index contributed by atoms with van der Waals surface area (Å²) in [6.07, 6.45) is 3.18. The van der Waals surface area contributed by atoms with Crippen molar-refractivity contribution in [3.8, 4) is 17.2 Å². The minimum atomic E-state index is -0.961. The number of nitrogens with one attached hydrogen (secondary N) is 1. The van der Waals surface area contributed by atoms with Crippen molar-refractivity contribution in [2.75, 3.05) is 13.9 Å². The molecule has 1 atom stereocenters. The molecule has 1 N–H and O–H groups in total. The molecule has 0 saturated carbocycles. The third-order valence-corrected chi connectivity index (χ3v) is 6.32. The van der Waals surface area contributed by atoms with Crippen molar-refractivity contribution in [2.24, 2.45) is 0 Å². The van der Waals surface area contributed by atoms with Crippen LogP contribution in [-0.4, -0.2) is 45.2 Å². The summed E-state index contributed by atoms with van der Waals surface area (Å²) in [5, 5.41) is 8.49. The lowest BCUT2D eigenvalue weighted by Crippen LogP contribution is -2.43. The van der Waals surface area contributed by atoms with Crippen molar-refractivity contribution in [1.82, 2.24) is 24.8 Å². The Morgan fingerprint density at radius 3 is 2.70 bits per heavy atom. The molecule has 2 amide bonds. The minimum Gasteiger partial charge on any atom is -0.497 e. The number of carbonyl (C=O) groups excluding carboxylic acids is 2. The van der Waals surface area contributed by atoms with E-state index in [1.807, 2.05) is 36.4 Å². The molecule has 1 aliphatic rings. The molecule has 0 spiro atoms. The highest BCUT2D eigenvalue weighted by molar-refractivity contribution is 7.03. The van der Waals surface area contributed by atoms with Crippen LogP contribution in [0.15, 0.2) is 72.4 Å². The fourth-order valence-corrected chi connectivity index (χ4v) is 4.44. The summed E-state index contributed by atoms with van der Waals surface area (Å²) in [4.78, 5) is 33.0. The van der Waals surface area contributed by atoms with Crippen LogP contribution in [0, 0.1) is 0 Å². The Morgan fingerprint density at radius 2 is 1.92 bits per heavy atom. The Balaban J connectivity index is 1.46. The van der Waals surface area contributed by atoms with Gasteiger partial charge in [-0.1, -0.05) is 22.7 Å². The molecule has 0 unspecified atom stereocenters. The normalized spacial score (nSPS) is 12.6. The quantitative estimate of drug-likeness (QED) is 0.359. The van der Waals surface area contributed by atoms with E-state index in [2.05, 4.69) is 19.9 Å². The van der Waals surface area contributed by atoms with Gasteiger partial charge in [0.1, 0.15) is 11.8 Å². The van der Waals surface area contributed by atoms with E-state index in [0.29, 0.717) is 22.8 Å². The van der Waals surface area contributed by atoms with E-state index in [1.165, 1.54) is 4.90 Å². The van der Waals surface area contributed by atoms with Gasteiger partial charge in [0.2, 0.25) is 12.7 Å². The molecule has 2 aromatic carbocycles. The van der Waals surface area contributed by atoms with Gasteiger partial charge in [-0.3, -0.25) is 14.6 Å². The fourth-order valence-electron chi connectivity index (χ4n) is 4.01. The second-order valence-electron chi connectivity index (χ2n) is 8.16. The van der Waals surface area contributed by atoms with E-state index in [0.717, 1.165) is 22.7 Å². The van der Waals surface area contributed by atoms with Gasteiger partial charge in [-0.2, -0.15) is 0 Å². The van der Waals surface area contributed by atoms with Crippen LogP contribution >= 0.6 is 11.5 Å². The summed E-state index contributed by atoms with van der Waals surface area (Å²) in [5.74, 6) is 1.16. The average Bonchev–Trinajstić information content (AvgIpc) is 3.64. The van der Waals surface area contributed by atoms with Gasteiger partial charge < -0.3 is 24.4 Å². The zero-order chi connectivity index (χ0) is 25.6. The molecular weight excluding hydrogens is 494 g/mol. The summed E-state index contributed by atoms with van der Waals surface area (Å²) < 4.78 is 20.0. The SMILES string of the molecule is COc1cccc(CN(C(=O)c2csnn2)[C@@H](C(=O)NCc2ccc3c(c2)OCO3)c2ccncc2)c1. The van der Waals surface area contributed by atoms with Gasteiger partial charge in [0.25, 0.3) is 5.91 Å². The first-order chi connectivity index (χ1) is 18.1. The molecule has 11 heteroatoms. The van der Waals surface area contributed by atoms with Crippen LogP contribution in [0.5, 0.6) is 17.2 Å². The summed E-state index contributed by atoms with van der Waals surface area (Å²) in [6.45, 7) is 0.538. The van der Waals surface area contributed by atoms with Crippen LogP contribution in [0.1, 0.15) is 33.2 Å². The fraction of sp³-hybridized carbons (Fsp3) is 0.192. The predicted molar refractivity (Wildman–Crippen MR) is 134 cm³/mol. The summed E-state index contributed by atoms with van der Waals surface area (Å²) in [5.41, 5.74) is 2.40. The van der Waals surface area contributed by atoms with Gasteiger partial charge in [-0.25, -0.2) is 0 Å². The number of benzene rings is 2. The number of ether oxygens (including phenoxy) is 3. The number of hydrogen-bond acceptors (Lipinski definition) is 9. The van der Waals surface area contributed by atoms with Crippen LogP contribution < -0.4 is 19.5 Å².